The van der Waals surface area contributed by atoms with Crippen LogP contribution in [0.25, 0.3) is 0 Å². The zero-order valence-corrected chi connectivity index (χ0v) is 11.6. The molecule has 1 saturated carbocycles. The molecular formula is C16H24FNO. The third-order valence-electron chi connectivity index (χ3n) is 4.17. The van der Waals surface area contributed by atoms with Crippen LogP contribution in [0.15, 0.2) is 24.3 Å². The molecule has 1 aliphatic carbocycles. The maximum atomic E-state index is 13.5. The molecule has 2 N–H and O–H groups in total. The molecule has 19 heavy (non-hydrogen) atoms. The minimum atomic E-state index is -0.760. The van der Waals surface area contributed by atoms with Crippen LogP contribution in [0.2, 0.25) is 0 Å². The van der Waals surface area contributed by atoms with Crippen molar-refractivity contribution in [3.8, 4) is 0 Å². The van der Waals surface area contributed by atoms with Gasteiger partial charge in [-0.25, -0.2) is 4.39 Å². The van der Waals surface area contributed by atoms with Gasteiger partial charge in [0.05, 0.1) is 6.10 Å². The van der Waals surface area contributed by atoms with E-state index < -0.39 is 6.10 Å². The molecule has 0 aliphatic heterocycles. The lowest BCUT2D eigenvalue weighted by atomic mass is 9.83. The van der Waals surface area contributed by atoms with Gasteiger partial charge in [0.15, 0.2) is 0 Å². The lowest BCUT2D eigenvalue weighted by Gasteiger charge is -2.26. The summed E-state index contributed by atoms with van der Waals surface area (Å²) in [5, 5.41) is 13.2. The van der Waals surface area contributed by atoms with Crippen molar-refractivity contribution >= 4 is 0 Å². The molecule has 0 radical (unpaired) electrons. The van der Waals surface area contributed by atoms with Gasteiger partial charge in [-0.3, -0.25) is 0 Å². The Labute approximate surface area is 115 Å². The lowest BCUT2D eigenvalue weighted by molar-refractivity contribution is 0.165. The predicted octanol–water partition coefficient (Wildman–Crippen LogP) is 3.28. The molecule has 1 aromatic carbocycles. The predicted molar refractivity (Wildman–Crippen MR) is 75.4 cm³/mol. The van der Waals surface area contributed by atoms with Gasteiger partial charge in [-0.15, -0.1) is 0 Å². The van der Waals surface area contributed by atoms with Crippen LogP contribution in [0.4, 0.5) is 4.39 Å². The summed E-state index contributed by atoms with van der Waals surface area (Å²) < 4.78 is 13.5. The standard InChI is InChI=1S/C16H24FNO/c1-12-6-8-13(9-7-12)10-18-11-16(19)14-4-2-3-5-15(14)17/h2-5,12-13,16,18-19H,6-11H2,1H3. The van der Waals surface area contributed by atoms with Crippen molar-refractivity contribution in [2.24, 2.45) is 11.8 Å². The van der Waals surface area contributed by atoms with Crippen LogP contribution in [-0.4, -0.2) is 18.2 Å². The monoisotopic (exact) mass is 265 g/mol. The maximum Gasteiger partial charge on any atom is 0.129 e. The summed E-state index contributed by atoms with van der Waals surface area (Å²) in [5.41, 5.74) is 0.382. The van der Waals surface area contributed by atoms with Crippen molar-refractivity contribution in [1.29, 1.82) is 0 Å². The fourth-order valence-electron chi connectivity index (χ4n) is 2.81. The van der Waals surface area contributed by atoms with Gasteiger partial charge in [-0.1, -0.05) is 38.0 Å². The highest BCUT2D eigenvalue weighted by molar-refractivity contribution is 5.19. The number of aliphatic hydroxyl groups excluding tert-OH is 1. The molecule has 1 unspecified atom stereocenters. The highest BCUT2D eigenvalue weighted by atomic mass is 19.1. The number of hydrogen-bond acceptors (Lipinski definition) is 2. The minimum Gasteiger partial charge on any atom is -0.387 e. The molecule has 2 rings (SSSR count). The second-order valence-corrected chi connectivity index (χ2v) is 5.82. The topological polar surface area (TPSA) is 32.3 Å². The van der Waals surface area contributed by atoms with Crippen LogP contribution in [0.1, 0.15) is 44.3 Å². The van der Waals surface area contributed by atoms with E-state index in [9.17, 15) is 9.50 Å². The minimum absolute atomic E-state index is 0.330. The molecule has 1 atom stereocenters. The largest absolute Gasteiger partial charge is 0.387 e. The number of hydrogen-bond donors (Lipinski definition) is 2. The van der Waals surface area contributed by atoms with Gasteiger partial charge in [0.25, 0.3) is 0 Å². The quantitative estimate of drug-likeness (QED) is 0.856. The highest BCUT2D eigenvalue weighted by Crippen LogP contribution is 2.27. The van der Waals surface area contributed by atoms with Crippen molar-refractivity contribution in [3.05, 3.63) is 35.6 Å². The van der Waals surface area contributed by atoms with E-state index in [2.05, 4.69) is 12.2 Å². The third-order valence-corrected chi connectivity index (χ3v) is 4.17. The van der Waals surface area contributed by atoms with Gasteiger partial charge in [-0.2, -0.15) is 0 Å². The molecule has 0 heterocycles. The van der Waals surface area contributed by atoms with E-state index in [4.69, 9.17) is 0 Å². The summed E-state index contributed by atoms with van der Waals surface area (Å²) >= 11 is 0. The number of aliphatic hydroxyl groups is 1. The number of nitrogens with one attached hydrogen (secondary N) is 1. The molecule has 1 fully saturated rings. The Balaban J connectivity index is 1.72. The third kappa shape index (κ3) is 4.29. The molecule has 106 valence electrons. The summed E-state index contributed by atoms with van der Waals surface area (Å²) in [6, 6.07) is 6.43. The van der Waals surface area contributed by atoms with Crippen molar-refractivity contribution in [2.45, 2.75) is 38.7 Å². The summed E-state index contributed by atoms with van der Waals surface area (Å²) in [5.74, 6) is 1.24. The number of halogens is 1. The van der Waals surface area contributed by atoms with E-state index in [1.807, 2.05) is 0 Å². The zero-order chi connectivity index (χ0) is 13.7. The van der Waals surface area contributed by atoms with Gasteiger partial charge >= 0.3 is 0 Å². The SMILES string of the molecule is CC1CCC(CNCC(O)c2ccccc2F)CC1. The van der Waals surface area contributed by atoms with Crippen LogP contribution in [0.5, 0.6) is 0 Å². The first-order valence-corrected chi connectivity index (χ1v) is 7.30. The molecule has 2 nitrogen and oxygen atoms in total. The molecule has 1 aliphatic rings. The summed E-state index contributed by atoms with van der Waals surface area (Å²) in [7, 11) is 0. The average molecular weight is 265 g/mol. The van der Waals surface area contributed by atoms with Gasteiger partial charge in [0.2, 0.25) is 0 Å². The van der Waals surface area contributed by atoms with Crippen LogP contribution in [-0.2, 0) is 0 Å². The maximum absolute atomic E-state index is 13.5. The summed E-state index contributed by atoms with van der Waals surface area (Å²) in [6.45, 7) is 3.66. The van der Waals surface area contributed by atoms with Crippen LogP contribution in [0, 0.1) is 17.7 Å². The number of benzene rings is 1. The molecule has 0 spiro atoms. The van der Waals surface area contributed by atoms with Crippen molar-refractivity contribution in [2.75, 3.05) is 13.1 Å². The Bertz CT molecular complexity index is 388. The van der Waals surface area contributed by atoms with Crippen molar-refractivity contribution in [1.82, 2.24) is 5.32 Å². The van der Waals surface area contributed by atoms with E-state index in [-0.39, 0.29) is 5.82 Å². The van der Waals surface area contributed by atoms with E-state index in [0.29, 0.717) is 18.0 Å². The smallest absolute Gasteiger partial charge is 0.129 e. The van der Waals surface area contributed by atoms with Gasteiger partial charge in [0, 0.05) is 12.1 Å². The molecule has 0 bridgehead atoms. The molecule has 1 aromatic rings. The van der Waals surface area contributed by atoms with Crippen molar-refractivity contribution in [3.63, 3.8) is 0 Å². The normalized spacial score (nSPS) is 25.2. The van der Waals surface area contributed by atoms with E-state index in [0.717, 1.165) is 12.5 Å². The van der Waals surface area contributed by atoms with E-state index in [1.165, 1.54) is 31.7 Å². The first kappa shape index (κ1) is 14.5. The first-order valence-electron chi connectivity index (χ1n) is 7.30. The molecule has 0 amide bonds. The van der Waals surface area contributed by atoms with Crippen LogP contribution in [0.3, 0.4) is 0 Å². The zero-order valence-electron chi connectivity index (χ0n) is 11.6. The summed E-state index contributed by atoms with van der Waals surface area (Å²) in [4.78, 5) is 0. The fourth-order valence-corrected chi connectivity index (χ4v) is 2.81. The highest BCUT2D eigenvalue weighted by Gasteiger charge is 2.18. The fraction of sp³-hybridized carbons (Fsp3) is 0.625. The Kier molecular flexibility index (Phi) is 5.34. The first-order chi connectivity index (χ1) is 9.16. The van der Waals surface area contributed by atoms with Gasteiger partial charge in [-0.05, 0) is 37.3 Å². The Hall–Kier alpha value is -0.930. The summed E-state index contributed by atoms with van der Waals surface area (Å²) in [6.07, 6.45) is 4.39. The molecule has 0 saturated heterocycles. The number of rotatable bonds is 5. The Morgan fingerprint density at radius 1 is 1.26 bits per heavy atom. The van der Waals surface area contributed by atoms with Crippen LogP contribution < -0.4 is 5.32 Å². The van der Waals surface area contributed by atoms with Gasteiger partial charge in [0.1, 0.15) is 5.82 Å². The van der Waals surface area contributed by atoms with E-state index >= 15 is 0 Å². The Morgan fingerprint density at radius 2 is 1.95 bits per heavy atom. The second-order valence-electron chi connectivity index (χ2n) is 5.82. The van der Waals surface area contributed by atoms with Crippen molar-refractivity contribution < 1.29 is 9.50 Å². The van der Waals surface area contributed by atoms with Gasteiger partial charge < -0.3 is 10.4 Å². The van der Waals surface area contributed by atoms with E-state index in [1.54, 1.807) is 18.2 Å². The second kappa shape index (κ2) is 7.01. The van der Waals surface area contributed by atoms with Crippen LogP contribution >= 0.6 is 0 Å². The molecule has 0 aromatic heterocycles. The average Bonchev–Trinajstić information content (AvgIpc) is 2.41. The molecule has 3 heteroatoms. The molecular weight excluding hydrogens is 241 g/mol. The Morgan fingerprint density at radius 3 is 2.63 bits per heavy atom. The lowest BCUT2D eigenvalue weighted by Crippen LogP contribution is -2.29.